The van der Waals surface area contributed by atoms with Gasteiger partial charge in [0.15, 0.2) is 0 Å². The van der Waals surface area contributed by atoms with E-state index in [1.165, 1.54) is 308 Å². The third-order valence-electron chi connectivity index (χ3n) is 14.0. The van der Waals surface area contributed by atoms with Gasteiger partial charge in [0.05, 0.1) is 20.2 Å². The van der Waals surface area contributed by atoms with Crippen molar-refractivity contribution in [2.24, 2.45) is 0 Å². The molecule has 400 valence electrons. The number of hydrogen-bond acceptors (Lipinski definition) is 6. The van der Waals surface area contributed by atoms with Gasteiger partial charge in [0.1, 0.15) is 0 Å². The molecule has 0 rings (SSSR count). The SMILES string of the molecule is CCCCCCCCCCCCCCCCCCCCCCCCCCCCCS(=O)(=O)[O-].CCCCCCCCCCCCCCCCCCCCCCCCCCCCCS(=O)(=O)[O-].[Ca+2]. The van der Waals surface area contributed by atoms with E-state index in [9.17, 15) is 25.9 Å². The Morgan fingerprint density at radius 2 is 0.284 bits per heavy atom. The van der Waals surface area contributed by atoms with E-state index < -0.39 is 20.2 Å². The summed E-state index contributed by atoms with van der Waals surface area (Å²) in [4.78, 5) is 0. The summed E-state index contributed by atoms with van der Waals surface area (Å²) in [7, 11) is -8.01. The fourth-order valence-electron chi connectivity index (χ4n) is 9.54. The molecule has 0 saturated carbocycles. The van der Waals surface area contributed by atoms with E-state index in [0.29, 0.717) is 12.8 Å². The number of unbranched alkanes of at least 4 members (excludes halogenated alkanes) is 52. The molecule has 0 bridgehead atoms. The molecule has 0 atom stereocenters. The van der Waals surface area contributed by atoms with Crippen LogP contribution in [0.15, 0.2) is 0 Å². The molecule has 0 fully saturated rings. The molecule has 0 aromatic carbocycles. The zero-order valence-corrected chi connectivity index (χ0v) is 49.4. The van der Waals surface area contributed by atoms with Crippen molar-refractivity contribution in [3.8, 4) is 0 Å². The molecule has 0 aliphatic rings. The van der Waals surface area contributed by atoms with Gasteiger partial charge < -0.3 is 9.11 Å². The second-order valence-electron chi connectivity index (χ2n) is 20.9. The quantitative estimate of drug-likeness (QED) is 0.0341. The van der Waals surface area contributed by atoms with Crippen molar-refractivity contribution in [2.45, 2.75) is 361 Å². The van der Waals surface area contributed by atoms with Crippen LogP contribution in [0.25, 0.3) is 0 Å². The minimum Gasteiger partial charge on any atom is -0.748 e. The Balaban J connectivity index is -0.00000120. The standard InChI is InChI=1S/2C29H60O3S.Ca/c2*1-2-3-4-5-6-7-8-9-10-11-12-13-14-15-16-17-18-19-20-21-22-23-24-25-26-27-28-29-33(30,31)32;/h2*2-29H2,1H3,(H,30,31,32);/q;;+2/p-2. The Hall–Kier alpha value is 1.08. The summed E-state index contributed by atoms with van der Waals surface area (Å²) in [6, 6.07) is 0. The van der Waals surface area contributed by atoms with Gasteiger partial charge in [-0.25, -0.2) is 16.8 Å². The second kappa shape index (κ2) is 61.4. The minimum atomic E-state index is -4.00. The van der Waals surface area contributed by atoms with Crippen LogP contribution in [0.2, 0.25) is 0 Å². The maximum absolute atomic E-state index is 10.5. The van der Waals surface area contributed by atoms with E-state index >= 15 is 0 Å². The fourth-order valence-corrected chi connectivity index (χ4v) is 10.7. The van der Waals surface area contributed by atoms with E-state index in [-0.39, 0.29) is 49.2 Å². The summed E-state index contributed by atoms with van der Waals surface area (Å²) < 4.78 is 63.1. The molecule has 0 spiro atoms. The summed E-state index contributed by atoms with van der Waals surface area (Å²) in [5.41, 5.74) is 0. The van der Waals surface area contributed by atoms with Crippen molar-refractivity contribution in [3.05, 3.63) is 0 Å². The molecule has 0 N–H and O–H groups in total. The monoisotopic (exact) mass is 1010 g/mol. The zero-order chi connectivity index (χ0) is 48.6. The summed E-state index contributed by atoms with van der Waals surface area (Å²) in [6.07, 6.45) is 72.5. The molecule has 0 amide bonds. The topological polar surface area (TPSA) is 114 Å². The van der Waals surface area contributed by atoms with Gasteiger partial charge in [0, 0.05) is 11.5 Å². The van der Waals surface area contributed by atoms with Crippen molar-refractivity contribution in [3.63, 3.8) is 0 Å². The van der Waals surface area contributed by atoms with Crippen LogP contribution in [0.5, 0.6) is 0 Å². The van der Waals surface area contributed by atoms with Crippen LogP contribution >= 0.6 is 0 Å². The van der Waals surface area contributed by atoms with Gasteiger partial charge in [-0.3, -0.25) is 0 Å². The third kappa shape index (κ3) is 76.2. The summed E-state index contributed by atoms with van der Waals surface area (Å²) >= 11 is 0. The molecule has 0 aliphatic carbocycles. The molecule has 67 heavy (non-hydrogen) atoms. The Bertz CT molecular complexity index is 1020. The Kier molecular flexibility index (Phi) is 66.3. The van der Waals surface area contributed by atoms with Gasteiger partial charge >= 0.3 is 37.7 Å². The van der Waals surface area contributed by atoms with Gasteiger partial charge in [0.25, 0.3) is 0 Å². The first kappa shape index (κ1) is 72.3. The first-order valence-corrected chi connectivity index (χ1v) is 33.1. The Morgan fingerprint density at radius 3 is 0.373 bits per heavy atom. The van der Waals surface area contributed by atoms with Crippen LogP contribution in [0.3, 0.4) is 0 Å². The van der Waals surface area contributed by atoms with Crippen molar-refractivity contribution in [2.75, 3.05) is 11.5 Å². The molecule has 0 aromatic heterocycles. The Morgan fingerprint density at radius 1 is 0.194 bits per heavy atom. The molecule has 0 radical (unpaired) electrons. The second-order valence-corrected chi connectivity index (χ2v) is 24.0. The van der Waals surface area contributed by atoms with Crippen molar-refractivity contribution in [1.82, 2.24) is 0 Å². The van der Waals surface area contributed by atoms with E-state index in [2.05, 4.69) is 13.8 Å². The Labute approximate surface area is 452 Å². The van der Waals surface area contributed by atoms with Crippen LogP contribution < -0.4 is 0 Å². The van der Waals surface area contributed by atoms with Gasteiger partial charge in [-0.05, 0) is 12.8 Å². The largest absolute Gasteiger partial charge is 2.00 e. The van der Waals surface area contributed by atoms with Gasteiger partial charge in [-0.15, -0.1) is 0 Å². The van der Waals surface area contributed by atoms with Gasteiger partial charge in [0.2, 0.25) is 0 Å². The average Bonchev–Trinajstić information content (AvgIpc) is 3.28. The normalized spacial score (nSPS) is 11.8. The molecule has 0 heterocycles. The molecule has 0 unspecified atom stereocenters. The van der Waals surface area contributed by atoms with Crippen LogP contribution in [-0.2, 0) is 20.2 Å². The fraction of sp³-hybridized carbons (Fsp3) is 1.00. The molecular formula is C58H118CaO6S2. The zero-order valence-electron chi connectivity index (χ0n) is 45.6. The van der Waals surface area contributed by atoms with Crippen LogP contribution in [0.1, 0.15) is 361 Å². The predicted molar refractivity (Wildman–Crippen MR) is 296 cm³/mol. The minimum absolute atomic E-state index is 0. The van der Waals surface area contributed by atoms with Crippen molar-refractivity contribution < 1.29 is 25.9 Å². The molecule has 6 nitrogen and oxygen atoms in total. The van der Waals surface area contributed by atoms with E-state index in [1.54, 1.807) is 0 Å². The van der Waals surface area contributed by atoms with E-state index in [1.807, 2.05) is 0 Å². The maximum Gasteiger partial charge on any atom is 2.00 e. The summed E-state index contributed by atoms with van der Waals surface area (Å²) in [5.74, 6) is -0.376. The van der Waals surface area contributed by atoms with Crippen molar-refractivity contribution >= 4 is 58.0 Å². The van der Waals surface area contributed by atoms with Gasteiger partial charge in [-0.2, -0.15) is 0 Å². The van der Waals surface area contributed by atoms with Gasteiger partial charge in [-0.1, -0.05) is 348 Å². The molecule has 0 aromatic rings. The van der Waals surface area contributed by atoms with Crippen LogP contribution in [0.4, 0.5) is 0 Å². The molecular weight excluding hydrogens is 897 g/mol. The van der Waals surface area contributed by atoms with Crippen LogP contribution in [-0.4, -0.2) is 75.2 Å². The summed E-state index contributed by atoms with van der Waals surface area (Å²) in [5, 5.41) is 0. The average molecular weight is 1020 g/mol. The smallest absolute Gasteiger partial charge is 0.748 e. The van der Waals surface area contributed by atoms with E-state index in [0.717, 1.165) is 25.7 Å². The molecule has 0 aliphatic heterocycles. The molecule has 0 saturated heterocycles. The van der Waals surface area contributed by atoms with E-state index in [4.69, 9.17) is 0 Å². The summed E-state index contributed by atoms with van der Waals surface area (Å²) in [6.45, 7) is 4.58. The maximum atomic E-state index is 10.5. The first-order valence-electron chi connectivity index (χ1n) is 30.0. The first-order chi connectivity index (χ1) is 32.1. The third-order valence-corrected chi connectivity index (χ3v) is 15.6. The molecule has 9 heteroatoms. The number of hydrogen-bond donors (Lipinski definition) is 0. The van der Waals surface area contributed by atoms with Crippen LogP contribution in [0, 0.1) is 0 Å². The number of rotatable bonds is 56. The predicted octanol–water partition coefficient (Wildman–Crippen LogP) is 19.8. The van der Waals surface area contributed by atoms with Crippen molar-refractivity contribution in [1.29, 1.82) is 0 Å².